The lowest BCUT2D eigenvalue weighted by atomic mass is 9.98. The molecular formula is C16H18Cl2N4OS. The molecule has 0 saturated carbocycles. The first-order valence-corrected chi connectivity index (χ1v) is 9.54. The van der Waals surface area contributed by atoms with Gasteiger partial charge in [-0.1, -0.05) is 23.2 Å². The second kappa shape index (κ2) is 6.67. The van der Waals surface area contributed by atoms with Gasteiger partial charge in [0.2, 0.25) is 6.41 Å². The molecule has 1 fully saturated rings. The molecule has 1 aromatic heterocycles. The number of hydrogen-bond donors (Lipinski definition) is 2. The van der Waals surface area contributed by atoms with Crippen LogP contribution in [0.5, 0.6) is 0 Å². The van der Waals surface area contributed by atoms with Crippen molar-refractivity contribution in [2.75, 3.05) is 24.4 Å². The molecular weight excluding hydrogens is 367 g/mol. The number of fused-ring (bicyclic) bond motifs is 3. The second-order valence-corrected chi connectivity index (χ2v) is 8.12. The van der Waals surface area contributed by atoms with Gasteiger partial charge >= 0.3 is 0 Å². The van der Waals surface area contributed by atoms with Crippen molar-refractivity contribution in [3.05, 3.63) is 27.9 Å². The van der Waals surface area contributed by atoms with Crippen molar-refractivity contribution in [1.82, 2.24) is 14.2 Å². The predicted octanol–water partition coefficient (Wildman–Crippen LogP) is 4.13. The third kappa shape index (κ3) is 2.96. The molecule has 2 aliphatic heterocycles. The zero-order valence-electron chi connectivity index (χ0n) is 13.0. The number of aromatic amines is 1. The van der Waals surface area contributed by atoms with Crippen LogP contribution in [-0.2, 0) is 11.3 Å². The average Bonchev–Trinajstić information content (AvgIpc) is 2.97. The number of anilines is 1. The summed E-state index contributed by atoms with van der Waals surface area (Å²) in [6, 6.07) is 2.00. The monoisotopic (exact) mass is 384 g/mol. The Kier molecular flexibility index (Phi) is 4.56. The molecule has 4 rings (SSSR count). The molecule has 0 aliphatic carbocycles. The van der Waals surface area contributed by atoms with Crippen molar-refractivity contribution in [2.24, 2.45) is 5.92 Å². The van der Waals surface area contributed by atoms with E-state index in [4.69, 9.17) is 23.2 Å². The summed E-state index contributed by atoms with van der Waals surface area (Å²) in [6.45, 7) is 3.49. The van der Waals surface area contributed by atoms with Gasteiger partial charge in [0.25, 0.3) is 0 Å². The highest BCUT2D eigenvalue weighted by atomic mass is 35.5. The molecule has 1 aromatic carbocycles. The number of nitrogens with one attached hydrogen (secondary N) is 2. The van der Waals surface area contributed by atoms with Crippen LogP contribution < -0.4 is 4.72 Å². The molecule has 2 N–H and O–H groups in total. The summed E-state index contributed by atoms with van der Waals surface area (Å²) < 4.78 is 5.72. The molecule has 1 amide bonds. The molecule has 1 saturated heterocycles. The van der Waals surface area contributed by atoms with Crippen LogP contribution in [0, 0.1) is 5.92 Å². The first-order valence-electron chi connectivity index (χ1n) is 8.01. The molecule has 1 unspecified atom stereocenters. The van der Waals surface area contributed by atoms with Crippen LogP contribution in [0.1, 0.15) is 18.4 Å². The van der Waals surface area contributed by atoms with Crippen LogP contribution in [0.25, 0.3) is 10.9 Å². The normalized spacial score (nSPS) is 21.6. The van der Waals surface area contributed by atoms with E-state index < -0.39 is 0 Å². The number of piperidine rings is 1. The Morgan fingerprint density at radius 3 is 3.08 bits per heavy atom. The fourth-order valence-corrected chi connectivity index (χ4v) is 5.16. The Labute approximate surface area is 154 Å². The second-order valence-electron chi connectivity index (χ2n) is 6.40. The molecule has 128 valence electrons. The topological polar surface area (TPSA) is 51.4 Å². The number of likely N-dealkylation sites (tertiary alicyclic amines) is 1. The molecule has 24 heavy (non-hydrogen) atoms. The van der Waals surface area contributed by atoms with Crippen LogP contribution in [0.2, 0.25) is 10.0 Å². The zero-order chi connectivity index (χ0) is 16.7. The zero-order valence-corrected chi connectivity index (χ0v) is 15.3. The number of H-pyrrole nitrogens is 1. The summed E-state index contributed by atoms with van der Waals surface area (Å²) in [5.41, 5.74) is 3.17. The molecule has 0 spiro atoms. The van der Waals surface area contributed by atoms with E-state index in [1.165, 1.54) is 6.42 Å². The molecule has 2 aliphatic rings. The van der Waals surface area contributed by atoms with E-state index in [0.29, 0.717) is 16.0 Å². The van der Waals surface area contributed by atoms with Crippen molar-refractivity contribution >= 4 is 58.3 Å². The summed E-state index contributed by atoms with van der Waals surface area (Å²) in [5, 5.41) is 2.18. The van der Waals surface area contributed by atoms with Gasteiger partial charge in [-0.2, -0.15) is 0 Å². The maximum Gasteiger partial charge on any atom is 0.209 e. The Balaban J connectivity index is 1.53. The maximum absolute atomic E-state index is 11.0. The van der Waals surface area contributed by atoms with E-state index in [1.807, 2.05) is 11.0 Å². The van der Waals surface area contributed by atoms with Gasteiger partial charge in [-0.25, -0.2) is 4.31 Å². The number of nitrogens with zero attached hydrogens (tertiary/aromatic N) is 2. The van der Waals surface area contributed by atoms with Crippen LogP contribution in [0.3, 0.4) is 0 Å². The van der Waals surface area contributed by atoms with Gasteiger partial charge in [0.15, 0.2) is 0 Å². The summed E-state index contributed by atoms with van der Waals surface area (Å²) in [4.78, 5) is 16.1. The molecule has 5 nitrogen and oxygen atoms in total. The fourth-order valence-electron chi connectivity index (χ4n) is 3.59. The number of carbonyl (C=O) groups is 1. The molecule has 8 heteroatoms. The molecule has 3 heterocycles. The van der Waals surface area contributed by atoms with E-state index in [9.17, 15) is 4.79 Å². The van der Waals surface area contributed by atoms with Crippen molar-refractivity contribution in [2.45, 2.75) is 19.4 Å². The van der Waals surface area contributed by atoms with Crippen LogP contribution in [0.15, 0.2) is 12.3 Å². The van der Waals surface area contributed by atoms with Gasteiger partial charge < -0.3 is 14.6 Å². The number of amides is 1. The van der Waals surface area contributed by atoms with Gasteiger partial charge in [0.1, 0.15) is 0 Å². The molecule has 2 aromatic rings. The molecule has 0 radical (unpaired) electrons. The minimum atomic E-state index is 0.513. The first kappa shape index (κ1) is 16.4. The predicted molar refractivity (Wildman–Crippen MR) is 100 cm³/mol. The third-order valence-corrected chi connectivity index (χ3v) is 6.16. The SMILES string of the molecule is O=CN1CCCC(CN2Cc3cc(Cl)c4c(Cl)c[nH]c4c3NS2)C1. The summed E-state index contributed by atoms with van der Waals surface area (Å²) >= 11 is 14.2. The van der Waals surface area contributed by atoms with Crippen LogP contribution in [0.4, 0.5) is 5.69 Å². The lowest BCUT2D eigenvalue weighted by Gasteiger charge is -2.35. The van der Waals surface area contributed by atoms with E-state index in [2.05, 4.69) is 14.0 Å². The number of rotatable bonds is 3. The fraction of sp³-hybridized carbons (Fsp3) is 0.438. The summed E-state index contributed by atoms with van der Waals surface area (Å²) in [5.74, 6) is 0.513. The quantitative estimate of drug-likeness (QED) is 0.616. The van der Waals surface area contributed by atoms with Gasteiger partial charge in [-0.15, -0.1) is 0 Å². The smallest absolute Gasteiger partial charge is 0.209 e. The Hall–Kier alpha value is -1.08. The Morgan fingerprint density at radius 1 is 1.38 bits per heavy atom. The first-order chi connectivity index (χ1) is 11.7. The number of hydrogen-bond acceptors (Lipinski definition) is 4. The van der Waals surface area contributed by atoms with Crippen molar-refractivity contribution in [1.29, 1.82) is 0 Å². The Bertz CT molecular complexity index is 781. The Morgan fingerprint density at radius 2 is 2.25 bits per heavy atom. The van der Waals surface area contributed by atoms with E-state index >= 15 is 0 Å². The van der Waals surface area contributed by atoms with Gasteiger partial charge in [-0.05, 0) is 30.4 Å². The maximum atomic E-state index is 11.0. The molecule has 0 bridgehead atoms. The standard InChI is InChI=1S/C16H18Cl2N4OS/c17-12-4-11-8-22(7-10-2-1-3-21(6-10)9-23)24-20-15(11)16-14(12)13(18)5-19-16/h4-5,9-10,19-20H,1-3,6-8H2. The third-order valence-electron chi connectivity index (χ3n) is 4.73. The summed E-state index contributed by atoms with van der Waals surface area (Å²) in [7, 11) is 0. The van der Waals surface area contributed by atoms with Gasteiger partial charge in [0, 0.05) is 49.9 Å². The van der Waals surface area contributed by atoms with Gasteiger partial charge in [-0.3, -0.25) is 4.79 Å². The number of halogens is 2. The molecule has 1 atom stereocenters. The lowest BCUT2D eigenvalue weighted by Crippen LogP contribution is -2.39. The minimum absolute atomic E-state index is 0.513. The lowest BCUT2D eigenvalue weighted by molar-refractivity contribution is -0.119. The largest absolute Gasteiger partial charge is 0.358 e. The highest BCUT2D eigenvalue weighted by Crippen LogP contribution is 2.41. The van der Waals surface area contributed by atoms with Crippen molar-refractivity contribution in [3.8, 4) is 0 Å². The van der Waals surface area contributed by atoms with E-state index in [-0.39, 0.29) is 0 Å². The van der Waals surface area contributed by atoms with Crippen LogP contribution in [-0.4, -0.2) is 40.2 Å². The highest BCUT2D eigenvalue weighted by Gasteiger charge is 2.26. The average molecular weight is 385 g/mol. The van der Waals surface area contributed by atoms with Crippen molar-refractivity contribution in [3.63, 3.8) is 0 Å². The summed E-state index contributed by atoms with van der Waals surface area (Å²) in [6.07, 6.45) is 4.99. The van der Waals surface area contributed by atoms with E-state index in [0.717, 1.165) is 61.2 Å². The number of carbonyl (C=O) groups excluding carboxylic acids is 1. The number of aromatic nitrogens is 1. The van der Waals surface area contributed by atoms with Crippen molar-refractivity contribution < 1.29 is 4.79 Å². The van der Waals surface area contributed by atoms with Gasteiger partial charge in [0.05, 0.1) is 21.2 Å². The number of benzene rings is 1. The minimum Gasteiger partial charge on any atom is -0.358 e. The van der Waals surface area contributed by atoms with Crippen LogP contribution >= 0.6 is 35.3 Å². The highest BCUT2D eigenvalue weighted by molar-refractivity contribution is 7.98. The van der Waals surface area contributed by atoms with E-state index in [1.54, 1.807) is 18.3 Å².